The third-order valence-electron chi connectivity index (χ3n) is 5.01. The van der Waals surface area contributed by atoms with E-state index in [-0.39, 0.29) is 35.5 Å². The molecule has 3 rings (SSSR count). The Labute approximate surface area is 194 Å². The van der Waals surface area contributed by atoms with Gasteiger partial charge in [0.1, 0.15) is 5.82 Å². The van der Waals surface area contributed by atoms with E-state index in [9.17, 15) is 9.50 Å². The smallest absolute Gasteiger partial charge is 0.194 e. The number of anilines is 1. The fraction of sp³-hybridized carbons (Fsp3) is 0.409. The van der Waals surface area contributed by atoms with Gasteiger partial charge in [0, 0.05) is 39.3 Å². The van der Waals surface area contributed by atoms with E-state index in [1.807, 2.05) is 24.3 Å². The van der Waals surface area contributed by atoms with Gasteiger partial charge in [-0.15, -0.1) is 24.0 Å². The monoisotopic (exact) mass is 528 g/mol. The number of rotatable bonds is 6. The van der Waals surface area contributed by atoms with Crippen molar-refractivity contribution >= 4 is 35.6 Å². The molecule has 6 nitrogen and oxygen atoms in total. The lowest BCUT2D eigenvalue weighted by molar-refractivity contribution is 0.370. The summed E-state index contributed by atoms with van der Waals surface area (Å²) in [5, 5.41) is 13.1. The normalized spacial score (nSPS) is 14.3. The van der Waals surface area contributed by atoms with Crippen LogP contribution in [-0.4, -0.2) is 62.3 Å². The average molecular weight is 528 g/mol. The second-order valence-electron chi connectivity index (χ2n) is 6.92. The molecule has 1 heterocycles. The van der Waals surface area contributed by atoms with Gasteiger partial charge in [-0.2, -0.15) is 0 Å². The summed E-state index contributed by atoms with van der Waals surface area (Å²) >= 11 is 0. The van der Waals surface area contributed by atoms with Crippen molar-refractivity contribution < 1.29 is 14.2 Å². The number of hydrogen-bond donors (Lipinski definition) is 2. The van der Waals surface area contributed by atoms with E-state index in [0.29, 0.717) is 18.0 Å². The minimum Gasteiger partial charge on any atom is -0.504 e. The number of phenols is 1. The summed E-state index contributed by atoms with van der Waals surface area (Å²) in [4.78, 5) is 9.06. The maximum Gasteiger partial charge on any atom is 0.194 e. The molecule has 0 saturated carbocycles. The average Bonchev–Trinajstić information content (AvgIpc) is 2.75. The number of ether oxygens (including phenoxy) is 1. The first kappa shape index (κ1) is 24.0. The summed E-state index contributed by atoms with van der Waals surface area (Å²) in [7, 11) is 1.54. The molecule has 2 aromatic rings. The molecule has 0 amide bonds. The van der Waals surface area contributed by atoms with Crippen molar-refractivity contribution in [2.24, 2.45) is 4.99 Å². The predicted molar refractivity (Wildman–Crippen MR) is 130 cm³/mol. The SMILES string of the molecule is CCNC(=NCCc1ccc(O)c(OC)c1)N1CCN(c2ccccc2F)CC1.I. The van der Waals surface area contributed by atoms with Crippen LogP contribution >= 0.6 is 24.0 Å². The summed E-state index contributed by atoms with van der Waals surface area (Å²) in [5.41, 5.74) is 1.72. The third-order valence-corrected chi connectivity index (χ3v) is 5.01. The summed E-state index contributed by atoms with van der Waals surface area (Å²) < 4.78 is 19.2. The second-order valence-corrected chi connectivity index (χ2v) is 6.92. The Hall–Kier alpha value is -2.23. The van der Waals surface area contributed by atoms with Gasteiger partial charge < -0.3 is 25.0 Å². The number of para-hydroxylation sites is 1. The molecule has 0 spiro atoms. The molecule has 0 aromatic heterocycles. The van der Waals surface area contributed by atoms with Crippen LogP contribution in [0.5, 0.6) is 11.5 Å². The molecular formula is C22H30FIN4O2. The van der Waals surface area contributed by atoms with E-state index in [0.717, 1.165) is 50.7 Å². The van der Waals surface area contributed by atoms with E-state index in [1.54, 1.807) is 19.2 Å². The van der Waals surface area contributed by atoms with Gasteiger partial charge in [-0.25, -0.2) is 4.39 Å². The molecule has 0 bridgehead atoms. The standard InChI is InChI=1S/C22H29FN4O2.HI/c1-3-24-22(25-11-10-17-8-9-20(28)21(16-17)29-2)27-14-12-26(13-15-27)19-7-5-4-6-18(19)23;/h4-9,16,28H,3,10-15H2,1-2H3,(H,24,25);1H. The molecule has 1 aliphatic rings. The lowest BCUT2D eigenvalue weighted by Gasteiger charge is -2.37. The van der Waals surface area contributed by atoms with Gasteiger partial charge in [0.2, 0.25) is 0 Å². The van der Waals surface area contributed by atoms with E-state index in [4.69, 9.17) is 9.73 Å². The highest BCUT2D eigenvalue weighted by Gasteiger charge is 2.21. The second kappa shape index (κ2) is 11.8. The van der Waals surface area contributed by atoms with Gasteiger partial charge >= 0.3 is 0 Å². The van der Waals surface area contributed by atoms with Crippen LogP contribution in [0.2, 0.25) is 0 Å². The number of guanidine groups is 1. The van der Waals surface area contributed by atoms with Crippen molar-refractivity contribution in [3.05, 3.63) is 53.8 Å². The van der Waals surface area contributed by atoms with Gasteiger partial charge in [0.25, 0.3) is 0 Å². The lowest BCUT2D eigenvalue weighted by atomic mass is 10.1. The van der Waals surface area contributed by atoms with Crippen molar-refractivity contribution in [2.75, 3.05) is 51.3 Å². The van der Waals surface area contributed by atoms with Crippen LogP contribution in [-0.2, 0) is 6.42 Å². The van der Waals surface area contributed by atoms with E-state index in [2.05, 4.69) is 22.0 Å². The Morgan fingerprint density at radius 1 is 1.17 bits per heavy atom. The van der Waals surface area contributed by atoms with Crippen LogP contribution < -0.4 is 15.0 Å². The molecule has 0 aliphatic carbocycles. The van der Waals surface area contributed by atoms with Gasteiger partial charge in [-0.3, -0.25) is 4.99 Å². The highest BCUT2D eigenvalue weighted by atomic mass is 127. The molecule has 8 heteroatoms. The molecule has 30 heavy (non-hydrogen) atoms. The number of nitrogens with one attached hydrogen (secondary N) is 1. The Kier molecular flexibility index (Phi) is 9.48. The molecule has 2 aromatic carbocycles. The first-order valence-electron chi connectivity index (χ1n) is 10.0. The van der Waals surface area contributed by atoms with E-state index >= 15 is 0 Å². The van der Waals surface area contributed by atoms with Crippen molar-refractivity contribution in [3.8, 4) is 11.5 Å². The third kappa shape index (κ3) is 6.13. The van der Waals surface area contributed by atoms with Gasteiger partial charge in [-0.05, 0) is 43.2 Å². The zero-order valence-corrected chi connectivity index (χ0v) is 19.8. The minimum absolute atomic E-state index is 0. The minimum atomic E-state index is -0.175. The van der Waals surface area contributed by atoms with Crippen LogP contribution in [0.4, 0.5) is 10.1 Å². The maximum absolute atomic E-state index is 14.0. The highest BCUT2D eigenvalue weighted by molar-refractivity contribution is 14.0. The number of benzene rings is 2. The number of halogens is 2. The zero-order valence-electron chi connectivity index (χ0n) is 17.5. The van der Waals surface area contributed by atoms with Crippen LogP contribution in [0.25, 0.3) is 0 Å². The van der Waals surface area contributed by atoms with Crippen molar-refractivity contribution in [1.29, 1.82) is 0 Å². The van der Waals surface area contributed by atoms with E-state index in [1.165, 1.54) is 6.07 Å². The fourth-order valence-electron chi connectivity index (χ4n) is 3.46. The number of aliphatic imine (C=N–C) groups is 1. The van der Waals surface area contributed by atoms with E-state index < -0.39 is 0 Å². The zero-order chi connectivity index (χ0) is 20.6. The Bertz CT molecular complexity index is 842. The number of nitrogens with zero attached hydrogens (tertiary/aromatic N) is 3. The summed E-state index contributed by atoms with van der Waals surface area (Å²) in [6, 6.07) is 12.3. The van der Waals surface area contributed by atoms with Gasteiger partial charge in [0.15, 0.2) is 17.5 Å². The highest BCUT2D eigenvalue weighted by Crippen LogP contribution is 2.26. The first-order valence-corrected chi connectivity index (χ1v) is 10.0. The molecule has 1 fully saturated rings. The van der Waals surface area contributed by atoms with Crippen LogP contribution in [0.15, 0.2) is 47.5 Å². The largest absolute Gasteiger partial charge is 0.504 e. The number of phenolic OH excluding ortho intramolecular Hbond substituents is 1. The summed E-state index contributed by atoms with van der Waals surface area (Å²) in [5.74, 6) is 1.32. The van der Waals surface area contributed by atoms with Crippen LogP contribution in [0.1, 0.15) is 12.5 Å². The fourth-order valence-corrected chi connectivity index (χ4v) is 3.46. The maximum atomic E-state index is 14.0. The van der Waals surface area contributed by atoms with Crippen LogP contribution in [0, 0.1) is 5.82 Å². The first-order chi connectivity index (χ1) is 14.1. The van der Waals surface area contributed by atoms with Crippen molar-refractivity contribution in [3.63, 3.8) is 0 Å². The Morgan fingerprint density at radius 2 is 1.90 bits per heavy atom. The number of piperazine rings is 1. The Morgan fingerprint density at radius 3 is 2.57 bits per heavy atom. The molecule has 1 saturated heterocycles. The summed E-state index contributed by atoms with van der Waals surface area (Å²) in [6.45, 7) is 6.54. The topological polar surface area (TPSA) is 60.3 Å². The van der Waals surface area contributed by atoms with Gasteiger partial charge in [0.05, 0.1) is 12.8 Å². The lowest BCUT2D eigenvalue weighted by Crippen LogP contribution is -2.52. The Balaban J connectivity index is 0.00000320. The van der Waals surface area contributed by atoms with Gasteiger partial charge in [-0.1, -0.05) is 18.2 Å². The molecular weight excluding hydrogens is 498 g/mol. The molecule has 164 valence electrons. The number of aromatic hydroxyl groups is 1. The van der Waals surface area contributed by atoms with Crippen LogP contribution in [0.3, 0.4) is 0 Å². The molecule has 1 aliphatic heterocycles. The van der Waals surface area contributed by atoms with Crippen molar-refractivity contribution in [2.45, 2.75) is 13.3 Å². The molecule has 0 unspecified atom stereocenters. The quantitative estimate of drug-likeness (QED) is 0.342. The molecule has 0 atom stereocenters. The number of methoxy groups -OCH3 is 1. The van der Waals surface area contributed by atoms with Crippen molar-refractivity contribution in [1.82, 2.24) is 10.2 Å². The predicted octanol–water partition coefficient (Wildman–Crippen LogP) is 3.49. The molecule has 0 radical (unpaired) electrons. The number of hydrogen-bond acceptors (Lipinski definition) is 4. The summed E-state index contributed by atoms with van der Waals surface area (Å²) in [6.07, 6.45) is 0.751. The molecule has 2 N–H and O–H groups in total.